The highest BCUT2D eigenvalue weighted by atomic mass is 32.2. The van der Waals surface area contributed by atoms with Gasteiger partial charge in [-0.05, 0) is 31.6 Å². The summed E-state index contributed by atoms with van der Waals surface area (Å²) in [4.78, 5) is 10.3. The van der Waals surface area contributed by atoms with Crippen molar-refractivity contribution in [2.45, 2.75) is 30.6 Å². The summed E-state index contributed by atoms with van der Waals surface area (Å²) in [5.74, 6) is 0. The monoisotopic (exact) mass is 267 g/mol. The molecule has 1 aliphatic carbocycles. The molecule has 2 unspecified atom stereocenters. The van der Waals surface area contributed by atoms with Gasteiger partial charge in [-0.25, -0.2) is 0 Å². The highest BCUT2D eigenvalue weighted by Gasteiger charge is 2.24. The van der Waals surface area contributed by atoms with E-state index >= 15 is 0 Å². The zero-order valence-corrected chi connectivity index (χ0v) is 11.1. The van der Waals surface area contributed by atoms with Crippen molar-refractivity contribution in [3.8, 4) is 0 Å². The Balaban J connectivity index is 2.07. The first-order valence-electron chi connectivity index (χ1n) is 5.93. The average molecular weight is 267 g/mol. The summed E-state index contributed by atoms with van der Waals surface area (Å²) in [7, 11) is 0. The molecule has 6 heteroatoms. The number of nitro benzene ring substituents is 1. The molecule has 0 radical (unpaired) electrons. The first-order valence-corrected chi connectivity index (χ1v) is 7.21. The molecule has 3 N–H and O–H groups in total. The standard InChI is InChI=1S/C12H17N3O2S/c1-18-12-3-2-9(7-12)14-10-4-8(13)5-11(6-10)15(16)17/h4-6,9,12,14H,2-3,7,13H2,1H3. The Morgan fingerprint density at radius 3 is 2.83 bits per heavy atom. The molecular formula is C12H17N3O2S. The van der Waals surface area contributed by atoms with Crippen LogP contribution in [0.2, 0.25) is 0 Å². The van der Waals surface area contributed by atoms with Gasteiger partial charge in [-0.1, -0.05) is 0 Å². The molecule has 0 aromatic heterocycles. The molecule has 0 spiro atoms. The number of thioether (sulfide) groups is 1. The average Bonchev–Trinajstić information content (AvgIpc) is 2.76. The summed E-state index contributed by atoms with van der Waals surface area (Å²) in [6.45, 7) is 0. The molecule has 1 fully saturated rings. The molecule has 18 heavy (non-hydrogen) atoms. The number of benzene rings is 1. The van der Waals surface area contributed by atoms with Crippen LogP contribution in [0.1, 0.15) is 19.3 Å². The lowest BCUT2D eigenvalue weighted by Crippen LogP contribution is -2.16. The summed E-state index contributed by atoms with van der Waals surface area (Å²) >= 11 is 1.88. The van der Waals surface area contributed by atoms with Crippen molar-refractivity contribution in [2.24, 2.45) is 0 Å². The molecule has 0 aliphatic heterocycles. The summed E-state index contributed by atoms with van der Waals surface area (Å²) in [6, 6.07) is 5.07. The largest absolute Gasteiger partial charge is 0.398 e. The van der Waals surface area contributed by atoms with E-state index in [-0.39, 0.29) is 5.69 Å². The van der Waals surface area contributed by atoms with Crippen LogP contribution < -0.4 is 11.1 Å². The van der Waals surface area contributed by atoms with Gasteiger partial charge >= 0.3 is 0 Å². The number of nitro groups is 1. The van der Waals surface area contributed by atoms with Gasteiger partial charge in [0.2, 0.25) is 0 Å². The molecule has 0 saturated heterocycles. The number of hydrogen-bond donors (Lipinski definition) is 2. The molecule has 0 bridgehead atoms. The SMILES string of the molecule is CSC1CCC(Nc2cc(N)cc([N+](=O)[O-])c2)C1. The van der Waals surface area contributed by atoms with Crippen LogP contribution in [0.5, 0.6) is 0 Å². The van der Waals surface area contributed by atoms with Crippen LogP contribution in [0.15, 0.2) is 18.2 Å². The smallest absolute Gasteiger partial charge is 0.273 e. The van der Waals surface area contributed by atoms with Gasteiger partial charge in [-0.15, -0.1) is 0 Å². The third-order valence-electron chi connectivity index (χ3n) is 3.24. The van der Waals surface area contributed by atoms with E-state index in [0.717, 1.165) is 18.5 Å². The second kappa shape index (κ2) is 5.48. The Hall–Kier alpha value is -1.43. The molecule has 1 saturated carbocycles. The number of anilines is 2. The van der Waals surface area contributed by atoms with E-state index in [4.69, 9.17) is 5.73 Å². The Labute approximate surface area is 110 Å². The third-order valence-corrected chi connectivity index (χ3v) is 4.33. The number of non-ortho nitro benzene ring substituents is 1. The second-order valence-electron chi connectivity index (χ2n) is 4.58. The topological polar surface area (TPSA) is 81.2 Å². The third kappa shape index (κ3) is 3.07. The summed E-state index contributed by atoms with van der Waals surface area (Å²) in [5.41, 5.74) is 6.88. The number of nitrogens with two attached hydrogens (primary N) is 1. The number of hydrogen-bond acceptors (Lipinski definition) is 5. The molecule has 5 nitrogen and oxygen atoms in total. The number of nitrogen functional groups attached to an aromatic ring is 1. The van der Waals surface area contributed by atoms with Crippen LogP contribution in [0, 0.1) is 10.1 Å². The minimum atomic E-state index is -0.416. The molecule has 1 aromatic carbocycles. The van der Waals surface area contributed by atoms with Crippen molar-refractivity contribution in [3.63, 3.8) is 0 Å². The summed E-state index contributed by atoms with van der Waals surface area (Å²) < 4.78 is 0. The highest BCUT2D eigenvalue weighted by molar-refractivity contribution is 7.99. The zero-order valence-electron chi connectivity index (χ0n) is 10.3. The minimum Gasteiger partial charge on any atom is -0.398 e. The lowest BCUT2D eigenvalue weighted by atomic mass is 10.2. The molecule has 1 aromatic rings. The lowest BCUT2D eigenvalue weighted by molar-refractivity contribution is -0.384. The minimum absolute atomic E-state index is 0.0388. The number of nitrogens with zero attached hydrogens (tertiary/aromatic N) is 1. The Morgan fingerprint density at radius 2 is 2.22 bits per heavy atom. The van der Waals surface area contributed by atoms with E-state index in [9.17, 15) is 10.1 Å². The van der Waals surface area contributed by atoms with E-state index in [1.54, 1.807) is 12.1 Å². The fourth-order valence-corrected chi connectivity index (χ4v) is 3.14. The van der Waals surface area contributed by atoms with E-state index < -0.39 is 4.92 Å². The first-order chi connectivity index (χ1) is 8.58. The molecular weight excluding hydrogens is 250 g/mol. The molecule has 2 atom stereocenters. The number of nitrogens with one attached hydrogen (secondary N) is 1. The van der Waals surface area contributed by atoms with Crippen LogP contribution in [-0.4, -0.2) is 22.5 Å². The predicted molar refractivity (Wildman–Crippen MR) is 76.1 cm³/mol. The lowest BCUT2D eigenvalue weighted by Gasteiger charge is -2.14. The van der Waals surface area contributed by atoms with Crippen LogP contribution in [0.25, 0.3) is 0 Å². The van der Waals surface area contributed by atoms with Crippen LogP contribution >= 0.6 is 11.8 Å². The van der Waals surface area contributed by atoms with Crippen LogP contribution in [0.3, 0.4) is 0 Å². The van der Waals surface area contributed by atoms with Gasteiger partial charge in [0.05, 0.1) is 4.92 Å². The van der Waals surface area contributed by atoms with Crippen molar-refractivity contribution < 1.29 is 4.92 Å². The molecule has 98 valence electrons. The van der Waals surface area contributed by atoms with Gasteiger partial charge in [0, 0.05) is 34.8 Å². The van der Waals surface area contributed by atoms with E-state index in [1.807, 2.05) is 11.8 Å². The Morgan fingerprint density at radius 1 is 1.44 bits per heavy atom. The molecule has 2 rings (SSSR count). The van der Waals surface area contributed by atoms with E-state index in [2.05, 4.69) is 11.6 Å². The molecule has 1 aliphatic rings. The summed E-state index contributed by atoms with van der Waals surface area (Å²) in [6.07, 6.45) is 5.53. The van der Waals surface area contributed by atoms with Crippen molar-refractivity contribution >= 4 is 28.8 Å². The number of rotatable bonds is 4. The van der Waals surface area contributed by atoms with Gasteiger partial charge in [0.1, 0.15) is 0 Å². The maximum atomic E-state index is 10.8. The second-order valence-corrected chi connectivity index (χ2v) is 5.72. The normalized spacial score (nSPS) is 22.9. The fourth-order valence-electron chi connectivity index (χ4n) is 2.34. The highest BCUT2D eigenvalue weighted by Crippen LogP contribution is 2.31. The van der Waals surface area contributed by atoms with Crippen molar-refractivity contribution in [1.82, 2.24) is 0 Å². The van der Waals surface area contributed by atoms with Crippen LogP contribution in [0.4, 0.5) is 17.1 Å². The van der Waals surface area contributed by atoms with Crippen LogP contribution in [-0.2, 0) is 0 Å². The Kier molecular flexibility index (Phi) is 3.96. The van der Waals surface area contributed by atoms with Crippen molar-refractivity contribution in [1.29, 1.82) is 0 Å². The van der Waals surface area contributed by atoms with Gasteiger partial charge in [0.25, 0.3) is 5.69 Å². The summed E-state index contributed by atoms with van der Waals surface area (Å²) in [5, 5.41) is 14.8. The van der Waals surface area contributed by atoms with Crippen molar-refractivity contribution in [3.05, 3.63) is 28.3 Å². The maximum Gasteiger partial charge on any atom is 0.273 e. The maximum absolute atomic E-state index is 10.8. The van der Waals surface area contributed by atoms with Gasteiger partial charge in [-0.2, -0.15) is 11.8 Å². The van der Waals surface area contributed by atoms with Crippen molar-refractivity contribution in [2.75, 3.05) is 17.3 Å². The van der Waals surface area contributed by atoms with Gasteiger partial charge in [0.15, 0.2) is 0 Å². The van der Waals surface area contributed by atoms with E-state index in [0.29, 0.717) is 17.0 Å². The molecule has 0 amide bonds. The van der Waals surface area contributed by atoms with Gasteiger partial charge in [-0.3, -0.25) is 10.1 Å². The zero-order chi connectivity index (χ0) is 13.1. The first kappa shape index (κ1) is 13.0. The quantitative estimate of drug-likeness (QED) is 0.498. The van der Waals surface area contributed by atoms with Gasteiger partial charge < -0.3 is 11.1 Å². The molecule has 0 heterocycles. The Bertz CT molecular complexity index is 453. The predicted octanol–water partition coefficient (Wildman–Crippen LogP) is 2.87. The fraction of sp³-hybridized carbons (Fsp3) is 0.500. The van der Waals surface area contributed by atoms with E-state index in [1.165, 1.54) is 12.5 Å².